The van der Waals surface area contributed by atoms with Crippen LogP contribution in [-0.4, -0.2) is 42.7 Å². The molecule has 0 radical (unpaired) electrons. The number of rotatable bonds is 5. The van der Waals surface area contributed by atoms with Crippen LogP contribution in [0.15, 0.2) is 24.3 Å². The number of benzene rings is 1. The Kier molecular flexibility index (Phi) is 5.72. The minimum atomic E-state index is -0.0694. The number of carbonyl (C=O) groups is 1. The standard InChI is InChI=1S/C11H15IN2O2/c1-14(6-7-15)8-11(16)13-10-5-3-2-4-9(10)12/h2-5,15H,6-8H2,1H3,(H,13,16). The van der Waals surface area contributed by atoms with Gasteiger partial charge in [0.1, 0.15) is 0 Å². The third-order valence-electron chi connectivity index (χ3n) is 2.04. The molecule has 0 spiro atoms. The van der Waals surface area contributed by atoms with Gasteiger partial charge in [0.15, 0.2) is 0 Å². The summed E-state index contributed by atoms with van der Waals surface area (Å²) in [5.74, 6) is -0.0694. The summed E-state index contributed by atoms with van der Waals surface area (Å²) in [5.41, 5.74) is 0.825. The Labute approximate surface area is 109 Å². The number of amides is 1. The van der Waals surface area contributed by atoms with Gasteiger partial charge in [-0.25, -0.2) is 0 Å². The lowest BCUT2D eigenvalue weighted by atomic mass is 10.3. The summed E-state index contributed by atoms with van der Waals surface area (Å²) in [4.78, 5) is 13.4. The topological polar surface area (TPSA) is 52.6 Å². The average molecular weight is 334 g/mol. The molecule has 0 aliphatic heterocycles. The van der Waals surface area contributed by atoms with Crippen LogP contribution in [0.4, 0.5) is 5.69 Å². The van der Waals surface area contributed by atoms with Crippen molar-refractivity contribution in [2.45, 2.75) is 0 Å². The van der Waals surface area contributed by atoms with Gasteiger partial charge in [0.2, 0.25) is 5.91 Å². The lowest BCUT2D eigenvalue weighted by molar-refractivity contribution is -0.117. The Hall–Kier alpha value is -0.660. The molecule has 2 N–H and O–H groups in total. The van der Waals surface area contributed by atoms with Gasteiger partial charge in [0.25, 0.3) is 0 Å². The molecule has 0 heterocycles. The molecule has 1 amide bonds. The first kappa shape index (κ1) is 13.4. The zero-order valence-corrected chi connectivity index (χ0v) is 11.3. The molecule has 0 unspecified atom stereocenters. The number of aliphatic hydroxyl groups is 1. The molecule has 1 aromatic rings. The molecule has 4 nitrogen and oxygen atoms in total. The van der Waals surface area contributed by atoms with Crippen molar-refractivity contribution in [2.75, 3.05) is 32.1 Å². The molecule has 16 heavy (non-hydrogen) atoms. The summed E-state index contributed by atoms with van der Waals surface area (Å²) >= 11 is 2.18. The first-order valence-corrected chi connectivity index (χ1v) is 6.05. The van der Waals surface area contributed by atoms with Gasteiger partial charge in [0, 0.05) is 10.1 Å². The molecular weight excluding hydrogens is 319 g/mol. The zero-order valence-electron chi connectivity index (χ0n) is 9.11. The Morgan fingerprint density at radius 3 is 2.81 bits per heavy atom. The van der Waals surface area contributed by atoms with Crippen molar-refractivity contribution in [1.29, 1.82) is 0 Å². The number of para-hydroxylation sites is 1. The third kappa shape index (κ3) is 4.46. The number of hydrogen-bond donors (Lipinski definition) is 2. The number of aliphatic hydroxyl groups excluding tert-OH is 1. The summed E-state index contributed by atoms with van der Waals surface area (Å²) in [7, 11) is 1.80. The van der Waals surface area contributed by atoms with Crippen molar-refractivity contribution < 1.29 is 9.90 Å². The maximum absolute atomic E-state index is 11.6. The molecule has 1 aromatic carbocycles. The van der Waals surface area contributed by atoms with Crippen LogP contribution in [-0.2, 0) is 4.79 Å². The van der Waals surface area contributed by atoms with Crippen LogP contribution >= 0.6 is 22.6 Å². The highest BCUT2D eigenvalue weighted by molar-refractivity contribution is 14.1. The summed E-state index contributed by atoms with van der Waals surface area (Å²) in [6.07, 6.45) is 0. The van der Waals surface area contributed by atoms with Crippen LogP contribution in [0.3, 0.4) is 0 Å². The fourth-order valence-electron chi connectivity index (χ4n) is 1.25. The van der Waals surface area contributed by atoms with Crippen LogP contribution in [0, 0.1) is 3.57 Å². The van der Waals surface area contributed by atoms with Gasteiger partial charge in [0.05, 0.1) is 18.8 Å². The lowest BCUT2D eigenvalue weighted by Gasteiger charge is -2.15. The minimum absolute atomic E-state index is 0.0622. The second-order valence-corrected chi connectivity index (χ2v) is 4.65. The number of anilines is 1. The Bertz CT molecular complexity index is 358. The first-order valence-electron chi connectivity index (χ1n) is 4.97. The monoisotopic (exact) mass is 334 g/mol. The van der Waals surface area contributed by atoms with E-state index in [1.165, 1.54) is 0 Å². The second kappa shape index (κ2) is 6.82. The number of hydrogen-bond acceptors (Lipinski definition) is 3. The maximum Gasteiger partial charge on any atom is 0.238 e. The fourth-order valence-corrected chi connectivity index (χ4v) is 1.77. The van der Waals surface area contributed by atoms with E-state index >= 15 is 0 Å². The van der Waals surface area contributed by atoms with Crippen molar-refractivity contribution in [2.24, 2.45) is 0 Å². The first-order chi connectivity index (χ1) is 7.63. The number of carbonyl (C=O) groups excluding carboxylic acids is 1. The number of nitrogens with zero attached hydrogens (tertiary/aromatic N) is 1. The zero-order chi connectivity index (χ0) is 12.0. The third-order valence-corrected chi connectivity index (χ3v) is 2.98. The van der Waals surface area contributed by atoms with Crippen LogP contribution in [0.1, 0.15) is 0 Å². The van der Waals surface area contributed by atoms with Crippen LogP contribution in [0.5, 0.6) is 0 Å². The molecule has 1 rings (SSSR count). The summed E-state index contributed by atoms with van der Waals surface area (Å²) in [6, 6.07) is 7.61. The summed E-state index contributed by atoms with van der Waals surface area (Å²) < 4.78 is 1.01. The van der Waals surface area contributed by atoms with E-state index in [0.29, 0.717) is 6.54 Å². The van der Waals surface area contributed by atoms with Gasteiger partial charge in [-0.15, -0.1) is 0 Å². The minimum Gasteiger partial charge on any atom is -0.395 e. The smallest absolute Gasteiger partial charge is 0.238 e. The number of likely N-dealkylation sites (N-methyl/N-ethyl adjacent to an activating group) is 1. The largest absolute Gasteiger partial charge is 0.395 e. The average Bonchev–Trinajstić information content (AvgIpc) is 2.21. The summed E-state index contributed by atoms with van der Waals surface area (Å²) in [5, 5.41) is 11.5. The molecule has 0 aliphatic carbocycles. The summed E-state index contributed by atoms with van der Waals surface area (Å²) in [6.45, 7) is 0.845. The highest BCUT2D eigenvalue weighted by atomic mass is 127. The van der Waals surface area contributed by atoms with Crippen LogP contribution in [0.25, 0.3) is 0 Å². The van der Waals surface area contributed by atoms with Gasteiger partial charge < -0.3 is 10.4 Å². The highest BCUT2D eigenvalue weighted by Gasteiger charge is 2.07. The Morgan fingerprint density at radius 2 is 2.19 bits per heavy atom. The highest BCUT2D eigenvalue weighted by Crippen LogP contribution is 2.16. The molecule has 0 aliphatic rings. The number of halogens is 1. The molecule has 0 fully saturated rings. The maximum atomic E-state index is 11.6. The van der Waals surface area contributed by atoms with E-state index in [1.54, 1.807) is 11.9 Å². The van der Waals surface area contributed by atoms with Gasteiger partial charge in [-0.3, -0.25) is 9.69 Å². The van der Waals surface area contributed by atoms with Crippen molar-refractivity contribution in [1.82, 2.24) is 4.90 Å². The second-order valence-electron chi connectivity index (χ2n) is 3.49. The normalized spacial score (nSPS) is 10.5. The van der Waals surface area contributed by atoms with Crippen molar-refractivity contribution in [3.05, 3.63) is 27.8 Å². The Balaban J connectivity index is 2.49. The molecule has 0 atom stereocenters. The molecule has 0 aromatic heterocycles. The lowest BCUT2D eigenvalue weighted by Crippen LogP contribution is -2.32. The van der Waals surface area contributed by atoms with Crippen molar-refractivity contribution in [3.8, 4) is 0 Å². The predicted molar refractivity (Wildman–Crippen MR) is 72.4 cm³/mol. The number of nitrogens with one attached hydrogen (secondary N) is 1. The van der Waals surface area contributed by atoms with E-state index in [-0.39, 0.29) is 19.1 Å². The van der Waals surface area contributed by atoms with Crippen LogP contribution in [0.2, 0.25) is 0 Å². The molecule has 0 bridgehead atoms. The van der Waals surface area contributed by atoms with Crippen LogP contribution < -0.4 is 5.32 Å². The van der Waals surface area contributed by atoms with Gasteiger partial charge in [-0.2, -0.15) is 0 Å². The van der Waals surface area contributed by atoms with Crippen molar-refractivity contribution in [3.63, 3.8) is 0 Å². The molecular formula is C11H15IN2O2. The quantitative estimate of drug-likeness (QED) is 0.795. The van der Waals surface area contributed by atoms with E-state index in [9.17, 15) is 4.79 Å². The molecule has 5 heteroatoms. The SMILES string of the molecule is CN(CCO)CC(=O)Nc1ccccc1I. The Morgan fingerprint density at radius 1 is 1.50 bits per heavy atom. The van der Waals surface area contributed by atoms with E-state index < -0.39 is 0 Å². The fraction of sp³-hybridized carbons (Fsp3) is 0.364. The predicted octanol–water partition coefficient (Wildman–Crippen LogP) is 1.15. The van der Waals surface area contributed by atoms with E-state index in [0.717, 1.165) is 9.26 Å². The van der Waals surface area contributed by atoms with Gasteiger partial charge in [-0.05, 0) is 41.8 Å². The van der Waals surface area contributed by atoms with Crippen molar-refractivity contribution >= 4 is 34.2 Å². The molecule has 88 valence electrons. The van der Waals surface area contributed by atoms with Gasteiger partial charge >= 0.3 is 0 Å². The molecule has 0 saturated heterocycles. The van der Waals surface area contributed by atoms with Gasteiger partial charge in [-0.1, -0.05) is 12.1 Å². The molecule has 0 saturated carbocycles. The van der Waals surface area contributed by atoms with E-state index in [1.807, 2.05) is 24.3 Å². The van der Waals surface area contributed by atoms with E-state index in [4.69, 9.17) is 5.11 Å². The van der Waals surface area contributed by atoms with E-state index in [2.05, 4.69) is 27.9 Å².